The van der Waals surface area contributed by atoms with Crippen LogP contribution in [0.3, 0.4) is 0 Å². The van der Waals surface area contributed by atoms with Crippen molar-refractivity contribution >= 4 is 28.3 Å². The number of aromatic amines is 1. The number of H-pyrrole nitrogens is 1. The predicted octanol–water partition coefficient (Wildman–Crippen LogP) is 4.65. The first-order chi connectivity index (χ1) is 12.8. The zero-order valence-corrected chi connectivity index (χ0v) is 15.4. The van der Waals surface area contributed by atoms with Crippen LogP contribution in [0.1, 0.15) is 5.56 Å². The fourth-order valence-corrected chi connectivity index (χ4v) is 3.55. The SMILES string of the molecule is CN1CCN(c2ccc(-c3nc4cc(Cl)c(C(F)(F)F)cc4[nH]3)cc2)CC1. The molecule has 1 fully saturated rings. The molecule has 0 saturated carbocycles. The zero-order valence-electron chi connectivity index (χ0n) is 14.6. The lowest BCUT2D eigenvalue weighted by Crippen LogP contribution is -2.44. The van der Waals surface area contributed by atoms with Crippen molar-refractivity contribution in [2.75, 3.05) is 38.1 Å². The summed E-state index contributed by atoms with van der Waals surface area (Å²) in [5.41, 5.74) is 1.80. The molecule has 3 aromatic rings. The molecule has 0 unspecified atom stereocenters. The first kappa shape index (κ1) is 18.1. The number of piperazine rings is 1. The van der Waals surface area contributed by atoms with E-state index in [0.717, 1.165) is 43.5 Å². The van der Waals surface area contributed by atoms with E-state index in [4.69, 9.17) is 11.6 Å². The van der Waals surface area contributed by atoms with E-state index in [0.29, 0.717) is 16.9 Å². The fraction of sp³-hybridized carbons (Fsp3) is 0.316. The molecule has 0 bridgehead atoms. The molecule has 4 nitrogen and oxygen atoms in total. The highest BCUT2D eigenvalue weighted by atomic mass is 35.5. The Morgan fingerprint density at radius 1 is 1.04 bits per heavy atom. The van der Waals surface area contributed by atoms with Crippen molar-refractivity contribution in [3.05, 3.63) is 47.0 Å². The quantitative estimate of drug-likeness (QED) is 0.687. The van der Waals surface area contributed by atoms with Gasteiger partial charge in [0, 0.05) is 37.4 Å². The van der Waals surface area contributed by atoms with Gasteiger partial charge in [-0.25, -0.2) is 4.98 Å². The number of likely N-dealkylation sites (N-methyl/N-ethyl adjacent to an activating group) is 1. The van der Waals surface area contributed by atoms with Crippen LogP contribution < -0.4 is 4.90 Å². The van der Waals surface area contributed by atoms with Gasteiger partial charge >= 0.3 is 6.18 Å². The standard InChI is InChI=1S/C19H18ClF3N4/c1-26-6-8-27(9-7-26)13-4-2-12(3-5-13)18-24-16-10-14(19(21,22)23)15(20)11-17(16)25-18/h2-5,10-11H,6-9H2,1H3,(H,24,25). The number of aromatic nitrogens is 2. The molecule has 1 aromatic heterocycles. The highest BCUT2D eigenvalue weighted by Gasteiger charge is 2.33. The molecule has 1 saturated heterocycles. The van der Waals surface area contributed by atoms with Crippen LogP contribution in [0, 0.1) is 0 Å². The van der Waals surface area contributed by atoms with E-state index in [1.807, 2.05) is 24.3 Å². The van der Waals surface area contributed by atoms with Crippen LogP contribution in [0.4, 0.5) is 18.9 Å². The third-order valence-corrected chi connectivity index (χ3v) is 5.20. The van der Waals surface area contributed by atoms with Gasteiger partial charge in [0.15, 0.2) is 0 Å². The Balaban J connectivity index is 1.62. The van der Waals surface area contributed by atoms with Gasteiger partial charge in [0.05, 0.1) is 21.6 Å². The second kappa shape index (κ2) is 6.73. The fourth-order valence-electron chi connectivity index (χ4n) is 3.28. The number of hydrogen-bond donors (Lipinski definition) is 1. The van der Waals surface area contributed by atoms with Crippen molar-refractivity contribution in [3.63, 3.8) is 0 Å². The number of alkyl halides is 3. The highest BCUT2D eigenvalue weighted by molar-refractivity contribution is 6.32. The lowest BCUT2D eigenvalue weighted by Gasteiger charge is -2.34. The molecule has 2 aromatic carbocycles. The Bertz CT molecular complexity index is 957. The van der Waals surface area contributed by atoms with Gasteiger partial charge in [-0.1, -0.05) is 11.6 Å². The van der Waals surface area contributed by atoms with E-state index in [9.17, 15) is 13.2 Å². The molecule has 4 rings (SSSR count). The summed E-state index contributed by atoms with van der Waals surface area (Å²) in [6.07, 6.45) is -4.50. The summed E-state index contributed by atoms with van der Waals surface area (Å²) < 4.78 is 39.1. The topological polar surface area (TPSA) is 35.2 Å². The van der Waals surface area contributed by atoms with E-state index >= 15 is 0 Å². The third-order valence-electron chi connectivity index (χ3n) is 4.89. The van der Waals surface area contributed by atoms with Gasteiger partial charge in [-0.05, 0) is 43.4 Å². The number of benzene rings is 2. The van der Waals surface area contributed by atoms with E-state index < -0.39 is 11.7 Å². The van der Waals surface area contributed by atoms with E-state index in [2.05, 4.69) is 26.8 Å². The Morgan fingerprint density at radius 2 is 1.70 bits per heavy atom. The Kier molecular flexibility index (Phi) is 4.52. The minimum Gasteiger partial charge on any atom is -0.369 e. The number of halogens is 4. The maximum atomic E-state index is 13.0. The molecule has 1 N–H and O–H groups in total. The number of fused-ring (bicyclic) bond motifs is 1. The van der Waals surface area contributed by atoms with Crippen LogP contribution in [-0.2, 0) is 6.18 Å². The number of nitrogens with one attached hydrogen (secondary N) is 1. The number of hydrogen-bond acceptors (Lipinski definition) is 3. The molecule has 0 aliphatic carbocycles. The molecule has 1 aliphatic rings. The van der Waals surface area contributed by atoms with Gasteiger partial charge in [-0.3, -0.25) is 0 Å². The molecule has 1 aliphatic heterocycles. The first-order valence-electron chi connectivity index (χ1n) is 8.61. The lowest BCUT2D eigenvalue weighted by atomic mass is 10.1. The van der Waals surface area contributed by atoms with Crippen LogP contribution in [0.25, 0.3) is 22.4 Å². The maximum Gasteiger partial charge on any atom is 0.417 e. The largest absolute Gasteiger partial charge is 0.417 e. The monoisotopic (exact) mass is 394 g/mol. The average molecular weight is 395 g/mol. The molecule has 142 valence electrons. The molecular weight excluding hydrogens is 377 g/mol. The minimum atomic E-state index is -4.50. The second-order valence-corrected chi connectivity index (χ2v) is 7.18. The van der Waals surface area contributed by atoms with Crippen LogP contribution in [0.5, 0.6) is 0 Å². The van der Waals surface area contributed by atoms with Crippen molar-refractivity contribution in [2.24, 2.45) is 0 Å². The Hall–Kier alpha value is -2.25. The van der Waals surface area contributed by atoms with Crippen LogP contribution >= 0.6 is 11.6 Å². The normalized spacial score (nSPS) is 16.3. The Labute approximate surface area is 159 Å². The summed E-state index contributed by atoms with van der Waals surface area (Å²) in [4.78, 5) is 12.0. The third kappa shape index (κ3) is 3.61. The molecule has 8 heteroatoms. The summed E-state index contributed by atoms with van der Waals surface area (Å²) in [7, 11) is 2.11. The average Bonchev–Trinajstić information content (AvgIpc) is 3.04. The van der Waals surface area contributed by atoms with Crippen molar-refractivity contribution < 1.29 is 13.2 Å². The van der Waals surface area contributed by atoms with Gasteiger partial charge in [0.2, 0.25) is 0 Å². The number of anilines is 1. The molecule has 27 heavy (non-hydrogen) atoms. The number of imidazole rings is 1. The molecule has 0 radical (unpaired) electrons. The predicted molar refractivity (Wildman–Crippen MR) is 101 cm³/mol. The molecule has 0 atom stereocenters. The van der Waals surface area contributed by atoms with Gasteiger partial charge in [-0.15, -0.1) is 0 Å². The van der Waals surface area contributed by atoms with Crippen molar-refractivity contribution in [2.45, 2.75) is 6.18 Å². The summed E-state index contributed by atoms with van der Waals surface area (Å²) in [6, 6.07) is 10.1. The van der Waals surface area contributed by atoms with E-state index in [1.54, 1.807) is 0 Å². The molecule has 0 amide bonds. The summed E-state index contributed by atoms with van der Waals surface area (Å²) in [6.45, 7) is 3.99. The van der Waals surface area contributed by atoms with Crippen LogP contribution in [0.2, 0.25) is 5.02 Å². The summed E-state index contributed by atoms with van der Waals surface area (Å²) >= 11 is 5.78. The smallest absolute Gasteiger partial charge is 0.369 e. The lowest BCUT2D eigenvalue weighted by molar-refractivity contribution is -0.137. The van der Waals surface area contributed by atoms with Crippen LogP contribution in [0.15, 0.2) is 36.4 Å². The van der Waals surface area contributed by atoms with Gasteiger partial charge in [0.25, 0.3) is 0 Å². The molecule has 0 spiro atoms. The number of rotatable bonds is 2. The van der Waals surface area contributed by atoms with Crippen molar-refractivity contribution in [3.8, 4) is 11.4 Å². The summed E-state index contributed by atoms with van der Waals surface area (Å²) in [5, 5.41) is -0.349. The van der Waals surface area contributed by atoms with Crippen LogP contribution in [-0.4, -0.2) is 48.1 Å². The van der Waals surface area contributed by atoms with E-state index in [1.165, 1.54) is 6.07 Å². The Morgan fingerprint density at radius 3 is 2.33 bits per heavy atom. The zero-order chi connectivity index (χ0) is 19.2. The second-order valence-electron chi connectivity index (χ2n) is 6.77. The van der Waals surface area contributed by atoms with Crippen molar-refractivity contribution in [1.82, 2.24) is 14.9 Å². The minimum absolute atomic E-state index is 0.310. The first-order valence-corrected chi connectivity index (χ1v) is 8.99. The summed E-state index contributed by atoms with van der Waals surface area (Å²) in [5.74, 6) is 0.519. The number of nitrogens with zero attached hydrogens (tertiary/aromatic N) is 3. The van der Waals surface area contributed by atoms with E-state index in [-0.39, 0.29) is 5.02 Å². The van der Waals surface area contributed by atoms with Gasteiger partial charge in [0.1, 0.15) is 5.82 Å². The molecular formula is C19H18ClF3N4. The van der Waals surface area contributed by atoms with Crippen molar-refractivity contribution in [1.29, 1.82) is 0 Å². The van der Waals surface area contributed by atoms with Gasteiger partial charge in [-0.2, -0.15) is 13.2 Å². The maximum absolute atomic E-state index is 13.0. The highest BCUT2D eigenvalue weighted by Crippen LogP contribution is 2.37. The van der Waals surface area contributed by atoms with Gasteiger partial charge < -0.3 is 14.8 Å². The molecule has 2 heterocycles.